The normalized spacial score (nSPS) is 41.1. The fourth-order valence-electron chi connectivity index (χ4n) is 10.0. The van der Waals surface area contributed by atoms with Gasteiger partial charge in [0.05, 0.1) is 30.8 Å². The minimum Gasteiger partial charge on any atom is -0.460 e. The molecule has 1 saturated carbocycles. The number of hydrogen-bond acceptors (Lipinski definition) is 12. The van der Waals surface area contributed by atoms with Crippen LogP contribution in [0.2, 0.25) is 0 Å². The summed E-state index contributed by atoms with van der Waals surface area (Å²) in [6.45, 7) is 13.4. The van der Waals surface area contributed by atoms with Crippen LogP contribution in [0.25, 0.3) is 0 Å². The van der Waals surface area contributed by atoms with Crippen molar-refractivity contribution < 1.29 is 58.2 Å². The van der Waals surface area contributed by atoms with Crippen LogP contribution in [0, 0.1) is 35.5 Å². The summed E-state index contributed by atoms with van der Waals surface area (Å²) in [5, 5.41) is 33.8. The Balaban J connectivity index is 1.65. The van der Waals surface area contributed by atoms with E-state index in [4.69, 9.17) is 23.7 Å². The Hall–Kier alpha value is -3.04. The van der Waals surface area contributed by atoms with Crippen molar-refractivity contribution in [1.82, 2.24) is 4.90 Å². The molecule has 4 rings (SSSR count). The molecule has 4 aliphatic rings. The molecule has 1 unspecified atom stereocenters. The minimum atomic E-state index is -1.74. The van der Waals surface area contributed by atoms with E-state index in [2.05, 4.69) is 0 Å². The molecular weight excluding hydrogens is 807 g/mol. The minimum absolute atomic E-state index is 0.0498. The van der Waals surface area contributed by atoms with Crippen molar-refractivity contribution in [3.05, 3.63) is 47.6 Å². The third-order valence-electron chi connectivity index (χ3n) is 14.3. The van der Waals surface area contributed by atoms with Gasteiger partial charge in [-0.3, -0.25) is 14.4 Å². The molecule has 3 heterocycles. The lowest BCUT2D eigenvalue weighted by Gasteiger charge is -2.43. The zero-order chi connectivity index (χ0) is 46.6. The molecule has 15 atom stereocenters. The van der Waals surface area contributed by atoms with Crippen LogP contribution in [0.3, 0.4) is 0 Å². The second kappa shape index (κ2) is 24.5. The first-order chi connectivity index (χ1) is 29.8. The maximum Gasteiger partial charge on any atom is 0.329 e. The van der Waals surface area contributed by atoms with Gasteiger partial charge in [-0.1, -0.05) is 71.1 Å². The van der Waals surface area contributed by atoms with E-state index in [1.165, 1.54) is 12.0 Å². The number of cyclic esters (lactones) is 1. The second-order valence-electron chi connectivity index (χ2n) is 19.3. The number of aliphatic hydroxyl groups excluding tert-OH is 2. The summed E-state index contributed by atoms with van der Waals surface area (Å²) in [6, 6.07) is -0.892. The van der Waals surface area contributed by atoms with Gasteiger partial charge in [0.25, 0.3) is 0 Å². The Bertz CT molecular complexity index is 1660. The van der Waals surface area contributed by atoms with Gasteiger partial charge in [0, 0.05) is 58.5 Å². The molecule has 0 aromatic carbocycles. The van der Waals surface area contributed by atoms with Crippen LogP contribution in [-0.4, -0.2) is 126 Å². The first-order valence-corrected chi connectivity index (χ1v) is 23.4. The number of ether oxygens (including phenoxy) is 5. The molecule has 0 aromatic rings. The number of aliphatic hydroxyl groups is 3. The average Bonchev–Trinajstić information content (AvgIpc) is 3.75. The van der Waals surface area contributed by atoms with Gasteiger partial charge in [0.15, 0.2) is 11.6 Å². The molecule has 0 aromatic heterocycles. The zero-order valence-corrected chi connectivity index (χ0v) is 39.7. The number of esters is 1. The van der Waals surface area contributed by atoms with E-state index in [-0.39, 0.29) is 66.4 Å². The van der Waals surface area contributed by atoms with E-state index in [1.54, 1.807) is 34.1 Å². The summed E-state index contributed by atoms with van der Waals surface area (Å²) in [5.74, 6) is -4.68. The van der Waals surface area contributed by atoms with Crippen LogP contribution >= 0.6 is 0 Å². The summed E-state index contributed by atoms with van der Waals surface area (Å²) >= 11 is 0. The Labute approximate surface area is 376 Å². The highest BCUT2D eigenvalue weighted by Gasteiger charge is 2.47. The van der Waals surface area contributed by atoms with Crippen molar-refractivity contribution in [2.24, 2.45) is 35.5 Å². The number of Topliss-reactive ketones (excluding diaryl/α,β-unsaturated/α-hetero) is 2. The summed E-state index contributed by atoms with van der Waals surface area (Å²) in [5.41, 5.74) is 1.38. The van der Waals surface area contributed by atoms with E-state index in [1.807, 2.05) is 65.0 Å². The molecule has 3 fully saturated rings. The van der Waals surface area contributed by atoms with Crippen molar-refractivity contribution in [2.45, 2.75) is 180 Å². The first-order valence-electron chi connectivity index (χ1n) is 23.4. The Morgan fingerprint density at radius 2 is 1.60 bits per heavy atom. The number of hydrogen-bond donors (Lipinski definition) is 3. The highest BCUT2D eigenvalue weighted by Crippen LogP contribution is 2.39. The van der Waals surface area contributed by atoms with Gasteiger partial charge >= 0.3 is 5.97 Å². The second-order valence-corrected chi connectivity index (χ2v) is 19.3. The van der Waals surface area contributed by atoms with Gasteiger partial charge in [-0.05, 0) is 101 Å². The van der Waals surface area contributed by atoms with Gasteiger partial charge < -0.3 is 43.9 Å². The third-order valence-corrected chi connectivity index (χ3v) is 14.3. The van der Waals surface area contributed by atoms with Gasteiger partial charge in [-0.15, -0.1) is 0 Å². The molecule has 3 N–H and O–H groups in total. The molecule has 1 aliphatic carbocycles. The number of amides is 1. The van der Waals surface area contributed by atoms with Gasteiger partial charge in [-0.2, -0.15) is 0 Å². The number of carbonyl (C=O) groups is 4. The van der Waals surface area contributed by atoms with E-state index in [0.29, 0.717) is 69.9 Å². The van der Waals surface area contributed by atoms with E-state index < -0.39 is 60.0 Å². The number of fused-ring (bicyclic) bond motifs is 3. The number of nitrogens with zero attached hydrogens (tertiary/aromatic N) is 1. The monoisotopic (exact) mass is 886 g/mol. The van der Waals surface area contributed by atoms with E-state index >= 15 is 0 Å². The van der Waals surface area contributed by atoms with Crippen molar-refractivity contribution >= 4 is 23.4 Å². The van der Waals surface area contributed by atoms with Crippen LogP contribution in [0.4, 0.5) is 0 Å². The van der Waals surface area contributed by atoms with E-state index in [9.17, 15) is 34.5 Å². The molecule has 2 bridgehead atoms. The average molecular weight is 886 g/mol. The van der Waals surface area contributed by atoms with Crippen molar-refractivity contribution in [3.63, 3.8) is 0 Å². The summed E-state index contributed by atoms with van der Waals surface area (Å²) < 4.78 is 29.6. The molecule has 356 valence electrons. The first kappa shape index (κ1) is 52.6. The number of ketones is 2. The molecule has 13 nitrogen and oxygen atoms in total. The molecule has 2 saturated heterocycles. The predicted octanol–water partition coefficient (Wildman–Crippen LogP) is 6.61. The standard InChI is InChI=1S/C50H79NO12/c1-30-15-12-11-13-16-31(2)42(59-8)27-38-20-18-36(7)50(58,63-38)29-45(54)51-22-14-17-39(51)49(57)62-43(33(4)25-37-19-21-40(52)44(26-37)60-9)28-41(53)32(3)24-35(6)47(56)48(61-10)46(55)34(5)23-30/h11-13,15-16,24,30,32-34,36-40,42-44,47-48,52,56,58H,14,17-23,25-29H2,1-10H3/b13-11+,15-12-,31-16+,35-24-/t30-,32-,33-,34-,36-,37?,38+,39+,40+,42+,43+,44+,47-,48+,50+/m1/s1. The Morgan fingerprint density at radius 1 is 0.873 bits per heavy atom. The Morgan fingerprint density at radius 3 is 2.29 bits per heavy atom. The van der Waals surface area contributed by atoms with Gasteiger partial charge in [-0.25, -0.2) is 4.79 Å². The molecule has 13 heteroatoms. The van der Waals surface area contributed by atoms with Crippen LogP contribution in [0.1, 0.15) is 126 Å². The van der Waals surface area contributed by atoms with Crippen LogP contribution < -0.4 is 0 Å². The third kappa shape index (κ3) is 14.5. The van der Waals surface area contributed by atoms with Crippen molar-refractivity contribution in [3.8, 4) is 0 Å². The summed E-state index contributed by atoms with van der Waals surface area (Å²) in [6.07, 6.45) is 12.1. The lowest BCUT2D eigenvalue weighted by Crippen LogP contribution is -2.52. The molecule has 0 spiro atoms. The molecule has 1 amide bonds. The lowest BCUT2D eigenvalue weighted by atomic mass is 9.78. The maximum absolute atomic E-state index is 14.2. The topological polar surface area (TPSA) is 178 Å². The summed E-state index contributed by atoms with van der Waals surface area (Å²) in [4.78, 5) is 57.5. The van der Waals surface area contributed by atoms with Crippen LogP contribution in [0.5, 0.6) is 0 Å². The van der Waals surface area contributed by atoms with Crippen LogP contribution in [-0.2, 0) is 42.9 Å². The predicted molar refractivity (Wildman–Crippen MR) is 240 cm³/mol. The summed E-state index contributed by atoms with van der Waals surface area (Å²) in [7, 11) is 4.62. The fourth-order valence-corrected chi connectivity index (χ4v) is 10.0. The van der Waals surface area contributed by atoms with Crippen molar-refractivity contribution in [1.29, 1.82) is 0 Å². The number of allylic oxidation sites excluding steroid dienone is 6. The highest BCUT2D eigenvalue weighted by molar-refractivity contribution is 5.87. The molecule has 63 heavy (non-hydrogen) atoms. The molecule has 0 radical (unpaired) electrons. The van der Waals surface area contributed by atoms with Gasteiger partial charge in [0.1, 0.15) is 30.1 Å². The number of rotatable bonds is 6. The van der Waals surface area contributed by atoms with Gasteiger partial charge in [0.2, 0.25) is 5.91 Å². The quantitative estimate of drug-likeness (QED) is 0.192. The SMILES string of the molecule is CO[C@H]1C[C@@H]2CC[C@@H](C)[C@](O)(CC(=O)N3CCC[C@H]3C(=O)O[C@H]([C@H](C)CC3CC[C@H](O)[C@@H](OC)C3)CC(=O)[C@H](C)/C=C(/C)[C@@H](O)[C@@H](OC)C(=O)[C@H](C)C[C@H](C)\C=C/C=C/C=C/1C)O2. The molecular formula is C50H79NO12. The number of carbonyl (C=O) groups excluding carboxylic acids is 4. The maximum atomic E-state index is 14.2. The lowest BCUT2D eigenvalue weighted by molar-refractivity contribution is -0.283. The number of methoxy groups -OCH3 is 3. The fraction of sp³-hybridized carbons (Fsp3) is 0.760. The van der Waals surface area contributed by atoms with Crippen molar-refractivity contribution in [2.75, 3.05) is 27.9 Å². The Kier molecular flexibility index (Phi) is 20.4. The largest absolute Gasteiger partial charge is 0.460 e. The smallest absolute Gasteiger partial charge is 0.329 e. The highest BCUT2D eigenvalue weighted by atomic mass is 16.6. The van der Waals surface area contributed by atoms with Crippen LogP contribution in [0.15, 0.2) is 47.6 Å². The zero-order valence-electron chi connectivity index (χ0n) is 39.7. The van der Waals surface area contributed by atoms with E-state index in [0.717, 1.165) is 12.0 Å². The molecule has 3 aliphatic heterocycles.